The number of para-hydroxylation sites is 1. The standard InChI is InChI=1S/C16H19N3O4/c1-11-4-2-3-5-12(11)23-10-13(20)19-8-6-16(7-9-19)14(21)17-15(22)18-16/h2-5H,6-10H2,1H3,(H2,17,18,21,22). The Labute approximate surface area is 134 Å². The number of imide groups is 1. The van der Waals surface area contributed by atoms with Crippen molar-refractivity contribution in [3.8, 4) is 5.75 Å². The molecule has 1 aromatic carbocycles. The van der Waals surface area contributed by atoms with Crippen molar-refractivity contribution >= 4 is 17.8 Å². The fraction of sp³-hybridized carbons (Fsp3) is 0.438. The van der Waals surface area contributed by atoms with Crippen LogP contribution in [0.2, 0.25) is 0 Å². The number of ether oxygens (including phenoxy) is 1. The van der Waals surface area contributed by atoms with E-state index in [-0.39, 0.29) is 18.4 Å². The molecule has 1 aromatic rings. The van der Waals surface area contributed by atoms with E-state index in [9.17, 15) is 14.4 Å². The number of nitrogens with zero attached hydrogens (tertiary/aromatic N) is 1. The minimum Gasteiger partial charge on any atom is -0.484 e. The van der Waals surface area contributed by atoms with Gasteiger partial charge in [-0.3, -0.25) is 14.9 Å². The second-order valence-electron chi connectivity index (χ2n) is 5.93. The largest absolute Gasteiger partial charge is 0.484 e. The third kappa shape index (κ3) is 2.99. The monoisotopic (exact) mass is 317 g/mol. The lowest BCUT2D eigenvalue weighted by Gasteiger charge is -2.36. The molecular weight excluding hydrogens is 298 g/mol. The second kappa shape index (κ2) is 5.91. The first-order valence-corrected chi connectivity index (χ1v) is 7.60. The molecule has 0 saturated carbocycles. The average Bonchev–Trinajstić information content (AvgIpc) is 2.80. The highest BCUT2D eigenvalue weighted by Gasteiger charge is 2.48. The molecule has 23 heavy (non-hydrogen) atoms. The molecule has 3 rings (SSSR count). The van der Waals surface area contributed by atoms with E-state index < -0.39 is 11.6 Å². The van der Waals surface area contributed by atoms with Gasteiger partial charge in [0, 0.05) is 13.1 Å². The topological polar surface area (TPSA) is 87.7 Å². The van der Waals surface area contributed by atoms with E-state index in [0.29, 0.717) is 31.7 Å². The van der Waals surface area contributed by atoms with Crippen LogP contribution in [0, 0.1) is 6.92 Å². The van der Waals surface area contributed by atoms with Crippen LogP contribution in [0.4, 0.5) is 4.79 Å². The van der Waals surface area contributed by atoms with Gasteiger partial charge in [0.15, 0.2) is 6.61 Å². The number of benzene rings is 1. The molecule has 0 bridgehead atoms. The molecule has 4 amide bonds. The van der Waals surface area contributed by atoms with Crippen LogP contribution in [-0.2, 0) is 9.59 Å². The molecule has 0 radical (unpaired) electrons. The number of likely N-dealkylation sites (tertiary alicyclic amines) is 1. The molecule has 0 atom stereocenters. The van der Waals surface area contributed by atoms with Gasteiger partial charge in [0.05, 0.1) is 0 Å². The van der Waals surface area contributed by atoms with Crippen LogP contribution in [0.25, 0.3) is 0 Å². The Bertz CT molecular complexity index is 650. The zero-order chi connectivity index (χ0) is 16.4. The lowest BCUT2D eigenvalue weighted by molar-refractivity contribution is -0.137. The predicted molar refractivity (Wildman–Crippen MR) is 81.9 cm³/mol. The van der Waals surface area contributed by atoms with Gasteiger partial charge in [-0.25, -0.2) is 4.79 Å². The maximum absolute atomic E-state index is 12.2. The van der Waals surface area contributed by atoms with Crippen molar-refractivity contribution in [3.63, 3.8) is 0 Å². The number of nitrogens with one attached hydrogen (secondary N) is 2. The zero-order valence-corrected chi connectivity index (χ0v) is 12.9. The van der Waals surface area contributed by atoms with E-state index >= 15 is 0 Å². The Balaban J connectivity index is 1.54. The van der Waals surface area contributed by atoms with Crippen molar-refractivity contribution in [2.75, 3.05) is 19.7 Å². The molecule has 0 aliphatic carbocycles. The number of urea groups is 1. The number of carbonyl (C=O) groups excluding carboxylic acids is 3. The summed E-state index contributed by atoms with van der Waals surface area (Å²) >= 11 is 0. The summed E-state index contributed by atoms with van der Waals surface area (Å²) in [4.78, 5) is 37.1. The highest BCUT2D eigenvalue weighted by atomic mass is 16.5. The maximum Gasteiger partial charge on any atom is 0.322 e. The molecular formula is C16H19N3O4. The number of amides is 4. The van der Waals surface area contributed by atoms with Crippen molar-refractivity contribution in [1.29, 1.82) is 0 Å². The van der Waals surface area contributed by atoms with E-state index in [1.807, 2.05) is 31.2 Å². The summed E-state index contributed by atoms with van der Waals surface area (Å²) in [5, 5.41) is 4.93. The fourth-order valence-corrected chi connectivity index (χ4v) is 2.97. The summed E-state index contributed by atoms with van der Waals surface area (Å²) in [7, 11) is 0. The van der Waals surface area contributed by atoms with Crippen LogP contribution < -0.4 is 15.4 Å². The molecule has 2 aliphatic heterocycles. The molecule has 122 valence electrons. The lowest BCUT2D eigenvalue weighted by atomic mass is 9.88. The van der Waals surface area contributed by atoms with E-state index in [2.05, 4.69) is 10.6 Å². The molecule has 2 fully saturated rings. The van der Waals surface area contributed by atoms with Gasteiger partial charge in [0.2, 0.25) is 0 Å². The van der Waals surface area contributed by atoms with Gasteiger partial charge < -0.3 is 15.0 Å². The first kappa shape index (κ1) is 15.3. The Morgan fingerprint density at radius 2 is 1.96 bits per heavy atom. The number of hydrogen-bond donors (Lipinski definition) is 2. The normalized spacial score (nSPS) is 19.4. The van der Waals surface area contributed by atoms with E-state index in [4.69, 9.17) is 4.74 Å². The molecule has 2 aliphatic rings. The average molecular weight is 317 g/mol. The molecule has 2 N–H and O–H groups in total. The van der Waals surface area contributed by atoms with Gasteiger partial charge in [-0.05, 0) is 31.4 Å². The first-order valence-electron chi connectivity index (χ1n) is 7.60. The van der Waals surface area contributed by atoms with E-state index in [1.54, 1.807) is 4.90 Å². The Morgan fingerprint density at radius 1 is 1.26 bits per heavy atom. The maximum atomic E-state index is 12.2. The smallest absolute Gasteiger partial charge is 0.322 e. The van der Waals surface area contributed by atoms with E-state index in [0.717, 1.165) is 5.56 Å². The van der Waals surface area contributed by atoms with Gasteiger partial charge in [-0.15, -0.1) is 0 Å². The Kier molecular flexibility index (Phi) is 3.94. The zero-order valence-electron chi connectivity index (χ0n) is 12.9. The SMILES string of the molecule is Cc1ccccc1OCC(=O)N1CCC2(CC1)NC(=O)NC2=O. The number of aryl methyl sites for hydroxylation is 1. The van der Waals surface area contributed by atoms with E-state index in [1.165, 1.54) is 0 Å². The molecule has 0 aromatic heterocycles. The summed E-state index contributed by atoms with van der Waals surface area (Å²) in [6.07, 6.45) is 0.835. The third-order valence-electron chi connectivity index (χ3n) is 4.43. The number of hydrogen-bond acceptors (Lipinski definition) is 4. The molecule has 2 saturated heterocycles. The summed E-state index contributed by atoms with van der Waals surface area (Å²) in [6, 6.07) is 7.06. The Morgan fingerprint density at radius 3 is 2.57 bits per heavy atom. The third-order valence-corrected chi connectivity index (χ3v) is 4.43. The highest BCUT2D eigenvalue weighted by Crippen LogP contribution is 2.25. The fourth-order valence-electron chi connectivity index (χ4n) is 2.97. The van der Waals surface area contributed by atoms with Crippen molar-refractivity contribution in [2.24, 2.45) is 0 Å². The molecule has 1 spiro atoms. The van der Waals surface area contributed by atoms with Crippen molar-refractivity contribution < 1.29 is 19.1 Å². The first-order chi connectivity index (χ1) is 11.0. The van der Waals surface area contributed by atoms with Crippen molar-refractivity contribution in [2.45, 2.75) is 25.3 Å². The van der Waals surface area contributed by atoms with Gasteiger partial charge in [-0.1, -0.05) is 18.2 Å². The van der Waals surface area contributed by atoms with Crippen LogP contribution in [0.3, 0.4) is 0 Å². The van der Waals surface area contributed by atoms with Crippen molar-refractivity contribution in [3.05, 3.63) is 29.8 Å². The number of piperidine rings is 1. The Hall–Kier alpha value is -2.57. The van der Waals surface area contributed by atoms with Gasteiger partial charge >= 0.3 is 6.03 Å². The summed E-state index contributed by atoms with van der Waals surface area (Å²) in [5.74, 6) is 0.273. The molecule has 7 nitrogen and oxygen atoms in total. The summed E-state index contributed by atoms with van der Waals surface area (Å²) in [5.41, 5.74) is 0.119. The predicted octanol–water partition coefficient (Wildman–Crippen LogP) is 0.574. The minimum atomic E-state index is -0.856. The van der Waals surface area contributed by atoms with Gasteiger partial charge in [-0.2, -0.15) is 0 Å². The summed E-state index contributed by atoms with van der Waals surface area (Å²) < 4.78 is 5.57. The van der Waals surface area contributed by atoms with Crippen LogP contribution in [0.15, 0.2) is 24.3 Å². The van der Waals surface area contributed by atoms with Crippen LogP contribution in [0.1, 0.15) is 18.4 Å². The van der Waals surface area contributed by atoms with Crippen LogP contribution in [-0.4, -0.2) is 48.0 Å². The second-order valence-corrected chi connectivity index (χ2v) is 5.93. The number of rotatable bonds is 3. The molecule has 2 heterocycles. The quantitative estimate of drug-likeness (QED) is 0.798. The van der Waals surface area contributed by atoms with Gasteiger partial charge in [0.1, 0.15) is 11.3 Å². The van der Waals surface area contributed by atoms with Crippen LogP contribution >= 0.6 is 0 Å². The molecule has 0 unspecified atom stereocenters. The van der Waals surface area contributed by atoms with Gasteiger partial charge in [0.25, 0.3) is 11.8 Å². The summed E-state index contributed by atoms with van der Waals surface area (Å²) in [6.45, 7) is 2.73. The lowest BCUT2D eigenvalue weighted by Crippen LogP contribution is -2.56. The number of carbonyl (C=O) groups is 3. The van der Waals surface area contributed by atoms with Crippen LogP contribution in [0.5, 0.6) is 5.75 Å². The highest BCUT2D eigenvalue weighted by molar-refractivity contribution is 6.07. The van der Waals surface area contributed by atoms with Crippen molar-refractivity contribution in [1.82, 2.24) is 15.5 Å². The molecule has 7 heteroatoms. The minimum absolute atomic E-state index is 0.0313.